The molecule has 0 unspecified atom stereocenters. The third-order valence-corrected chi connectivity index (χ3v) is 4.60. The second kappa shape index (κ2) is 10.4. The SMILES string of the molecule is COC(=O)CCN(Cc1ccc(C)cc1)C(=O)CCC(=O)c1ccc(C)cc1. The number of hydrogen-bond acceptors (Lipinski definition) is 4. The summed E-state index contributed by atoms with van der Waals surface area (Å²) in [5, 5.41) is 0. The van der Waals surface area contributed by atoms with Crippen molar-refractivity contribution in [1.82, 2.24) is 4.90 Å². The van der Waals surface area contributed by atoms with Crippen LogP contribution in [-0.4, -0.2) is 36.2 Å². The third-order valence-electron chi connectivity index (χ3n) is 4.60. The van der Waals surface area contributed by atoms with Crippen LogP contribution in [0.1, 0.15) is 46.3 Å². The summed E-state index contributed by atoms with van der Waals surface area (Å²) in [5.74, 6) is -0.570. The Balaban J connectivity index is 2.00. The van der Waals surface area contributed by atoms with Gasteiger partial charge in [0, 0.05) is 31.5 Å². The van der Waals surface area contributed by atoms with E-state index in [1.54, 1.807) is 17.0 Å². The van der Waals surface area contributed by atoms with E-state index < -0.39 is 0 Å². The van der Waals surface area contributed by atoms with Gasteiger partial charge in [-0.05, 0) is 19.4 Å². The molecule has 5 nitrogen and oxygen atoms in total. The number of hydrogen-bond donors (Lipinski definition) is 0. The Morgan fingerprint density at radius 3 is 1.96 bits per heavy atom. The van der Waals surface area contributed by atoms with Crippen molar-refractivity contribution in [3.63, 3.8) is 0 Å². The van der Waals surface area contributed by atoms with Gasteiger partial charge in [-0.25, -0.2) is 0 Å². The largest absolute Gasteiger partial charge is 0.469 e. The van der Waals surface area contributed by atoms with Gasteiger partial charge in [0.15, 0.2) is 5.78 Å². The van der Waals surface area contributed by atoms with Crippen LogP contribution < -0.4 is 0 Å². The predicted octanol–water partition coefficient (Wildman–Crippen LogP) is 3.86. The van der Waals surface area contributed by atoms with Crippen LogP contribution in [0.3, 0.4) is 0 Å². The average molecular weight is 381 g/mol. The lowest BCUT2D eigenvalue weighted by atomic mass is 10.0. The summed E-state index contributed by atoms with van der Waals surface area (Å²) in [6.07, 6.45) is 0.379. The molecule has 0 bridgehead atoms. The second-order valence-corrected chi connectivity index (χ2v) is 6.92. The van der Waals surface area contributed by atoms with Crippen molar-refractivity contribution in [2.24, 2.45) is 0 Å². The molecule has 2 aromatic rings. The van der Waals surface area contributed by atoms with E-state index in [-0.39, 0.29) is 43.5 Å². The van der Waals surface area contributed by atoms with Crippen LogP contribution in [-0.2, 0) is 20.9 Å². The van der Waals surface area contributed by atoms with E-state index in [0.29, 0.717) is 12.1 Å². The smallest absolute Gasteiger partial charge is 0.307 e. The second-order valence-electron chi connectivity index (χ2n) is 6.92. The van der Waals surface area contributed by atoms with Gasteiger partial charge in [-0.1, -0.05) is 59.7 Å². The molecule has 0 fully saturated rings. The van der Waals surface area contributed by atoms with Crippen LogP contribution in [0.4, 0.5) is 0 Å². The maximum Gasteiger partial charge on any atom is 0.307 e. The monoisotopic (exact) mass is 381 g/mol. The van der Waals surface area contributed by atoms with E-state index in [9.17, 15) is 14.4 Å². The van der Waals surface area contributed by atoms with E-state index in [1.165, 1.54) is 7.11 Å². The van der Waals surface area contributed by atoms with Gasteiger partial charge in [0.05, 0.1) is 13.5 Å². The molecule has 148 valence electrons. The number of carbonyl (C=O) groups excluding carboxylic acids is 3. The van der Waals surface area contributed by atoms with Gasteiger partial charge >= 0.3 is 5.97 Å². The molecule has 0 spiro atoms. The van der Waals surface area contributed by atoms with Crippen molar-refractivity contribution in [3.05, 3.63) is 70.8 Å². The summed E-state index contributed by atoms with van der Waals surface area (Å²) in [6, 6.07) is 15.2. The van der Waals surface area contributed by atoms with Crippen LogP contribution in [0, 0.1) is 13.8 Å². The standard InChI is InChI=1S/C23H27NO4/c1-17-4-8-19(9-5-17)16-24(15-14-23(27)28-3)22(26)13-12-21(25)20-10-6-18(2)7-11-20/h4-11H,12-16H2,1-3H3. The number of aryl methyl sites for hydroxylation is 2. The van der Waals surface area contributed by atoms with Gasteiger partial charge < -0.3 is 9.64 Å². The molecule has 0 N–H and O–H groups in total. The number of rotatable bonds is 9. The fraction of sp³-hybridized carbons (Fsp3) is 0.348. The molecule has 0 aromatic heterocycles. The number of methoxy groups -OCH3 is 1. The first-order chi connectivity index (χ1) is 13.4. The lowest BCUT2D eigenvalue weighted by molar-refractivity contribution is -0.142. The van der Waals surface area contributed by atoms with Crippen molar-refractivity contribution in [2.75, 3.05) is 13.7 Å². The van der Waals surface area contributed by atoms with Gasteiger partial charge in [0.25, 0.3) is 0 Å². The molecule has 5 heteroatoms. The molecule has 2 rings (SSSR count). The van der Waals surface area contributed by atoms with E-state index in [4.69, 9.17) is 0 Å². The summed E-state index contributed by atoms with van der Waals surface area (Å²) in [6.45, 7) is 4.62. The number of ether oxygens (including phenoxy) is 1. The van der Waals surface area contributed by atoms with Crippen molar-refractivity contribution in [3.8, 4) is 0 Å². The highest BCUT2D eigenvalue weighted by Crippen LogP contribution is 2.12. The zero-order valence-corrected chi connectivity index (χ0v) is 16.7. The van der Waals surface area contributed by atoms with Crippen LogP contribution in [0.25, 0.3) is 0 Å². The minimum absolute atomic E-state index is 0.0587. The Bertz CT molecular complexity index is 810. The van der Waals surface area contributed by atoms with Crippen LogP contribution >= 0.6 is 0 Å². The summed E-state index contributed by atoms with van der Waals surface area (Å²) in [4.78, 5) is 38.2. The van der Waals surface area contributed by atoms with E-state index in [0.717, 1.165) is 16.7 Å². The van der Waals surface area contributed by atoms with Crippen LogP contribution in [0.15, 0.2) is 48.5 Å². The number of esters is 1. The Morgan fingerprint density at radius 1 is 0.821 bits per heavy atom. The zero-order chi connectivity index (χ0) is 20.5. The fourth-order valence-electron chi connectivity index (χ4n) is 2.80. The Kier molecular flexibility index (Phi) is 7.93. The molecule has 0 aliphatic rings. The average Bonchev–Trinajstić information content (AvgIpc) is 2.70. The minimum Gasteiger partial charge on any atom is -0.469 e. The first-order valence-corrected chi connectivity index (χ1v) is 9.39. The highest BCUT2D eigenvalue weighted by molar-refractivity contribution is 5.98. The molecule has 0 atom stereocenters. The van der Waals surface area contributed by atoms with Crippen LogP contribution in [0.5, 0.6) is 0 Å². The first-order valence-electron chi connectivity index (χ1n) is 9.39. The van der Waals surface area contributed by atoms with E-state index in [1.807, 2.05) is 50.2 Å². The van der Waals surface area contributed by atoms with Crippen molar-refractivity contribution >= 4 is 17.7 Å². The quantitative estimate of drug-likeness (QED) is 0.489. The lowest BCUT2D eigenvalue weighted by Crippen LogP contribution is -2.33. The predicted molar refractivity (Wildman–Crippen MR) is 108 cm³/mol. The molecule has 0 aliphatic carbocycles. The summed E-state index contributed by atoms with van der Waals surface area (Å²) in [7, 11) is 1.33. The molecule has 0 saturated heterocycles. The first kappa shape index (κ1) is 21.4. The van der Waals surface area contributed by atoms with Gasteiger partial charge in [0.2, 0.25) is 5.91 Å². The zero-order valence-electron chi connectivity index (χ0n) is 16.7. The maximum atomic E-state index is 12.7. The number of benzene rings is 2. The number of amides is 1. The lowest BCUT2D eigenvalue weighted by Gasteiger charge is -2.22. The topological polar surface area (TPSA) is 63.7 Å². The van der Waals surface area contributed by atoms with Gasteiger partial charge in [0.1, 0.15) is 0 Å². The normalized spacial score (nSPS) is 10.4. The molecule has 0 saturated carbocycles. The summed E-state index contributed by atoms with van der Waals surface area (Å²) >= 11 is 0. The molecule has 1 amide bonds. The molecule has 0 radical (unpaired) electrons. The van der Waals surface area contributed by atoms with E-state index in [2.05, 4.69) is 4.74 Å². The van der Waals surface area contributed by atoms with Crippen molar-refractivity contribution in [2.45, 2.75) is 39.7 Å². The highest BCUT2D eigenvalue weighted by atomic mass is 16.5. The van der Waals surface area contributed by atoms with E-state index >= 15 is 0 Å². The Hall–Kier alpha value is -2.95. The summed E-state index contributed by atoms with van der Waals surface area (Å²) < 4.78 is 4.68. The van der Waals surface area contributed by atoms with Gasteiger partial charge in [-0.3, -0.25) is 14.4 Å². The minimum atomic E-state index is -0.363. The molecule has 28 heavy (non-hydrogen) atoms. The number of Topliss-reactive ketones (excluding diaryl/α,β-unsaturated/α-hetero) is 1. The van der Waals surface area contributed by atoms with Gasteiger partial charge in [-0.15, -0.1) is 0 Å². The summed E-state index contributed by atoms with van der Waals surface area (Å²) in [5.41, 5.74) is 3.81. The molecular weight excluding hydrogens is 354 g/mol. The molecular formula is C23H27NO4. The Labute approximate surface area is 166 Å². The van der Waals surface area contributed by atoms with Gasteiger partial charge in [-0.2, -0.15) is 0 Å². The molecule has 2 aromatic carbocycles. The number of carbonyl (C=O) groups is 3. The maximum absolute atomic E-state index is 12.7. The Morgan fingerprint density at radius 2 is 1.39 bits per heavy atom. The fourth-order valence-corrected chi connectivity index (χ4v) is 2.80. The third kappa shape index (κ3) is 6.65. The van der Waals surface area contributed by atoms with Crippen molar-refractivity contribution < 1.29 is 19.1 Å². The van der Waals surface area contributed by atoms with Crippen molar-refractivity contribution in [1.29, 1.82) is 0 Å². The molecule has 0 heterocycles. The molecule has 0 aliphatic heterocycles. The number of nitrogens with zero attached hydrogens (tertiary/aromatic N) is 1. The highest BCUT2D eigenvalue weighted by Gasteiger charge is 2.17. The van der Waals surface area contributed by atoms with Crippen LogP contribution in [0.2, 0.25) is 0 Å². The number of ketones is 1.